The Kier molecular flexibility index (Phi) is 6.62. The number of thiazole rings is 1. The number of alkyl carbamates (subject to hydrolysis) is 1. The predicted molar refractivity (Wildman–Crippen MR) is 125 cm³/mol. The van der Waals surface area contributed by atoms with E-state index in [0.717, 1.165) is 40.5 Å². The number of benzene rings is 2. The number of aliphatic carboxylic acids is 1. The summed E-state index contributed by atoms with van der Waals surface area (Å²) in [5, 5.41) is 25.5. The third kappa shape index (κ3) is 4.92. The first-order valence-corrected chi connectivity index (χ1v) is 11.4. The van der Waals surface area contributed by atoms with E-state index in [4.69, 9.17) is 9.84 Å². The minimum Gasteiger partial charge on any atom is -0.479 e. The van der Waals surface area contributed by atoms with Gasteiger partial charge in [0.1, 0.15) is 17.3 Å². The molecule has 10 heteroatoms. The lowest BCUT2D eigenvalue weighted by Gasteiger charge is -2.17. The van der Waals surface area contributed by atoms with E-state index in [1.807, 2.05) is 36.4 Å². The van der Waals surface area contributed by atoms with E-state index in [9.17, 15) is 19.5 Å². The number of fused-ring (bicyclic) bond motifs is 3. The van der Waals surface area contributed by atoms with E-state index in [2.05, 4.69) is 27.8 Å². The summed E-state index contributed by atoms with van der Waals surface area (Å²) in [7, 11) is 0. The van der Waals surface area contributed by atoms with Gasteiger partial charge in [-0.25, -0.2) is 14.6 Å². The standard InChI is InChI=1S/C24H23N3O6S/c1-24(32,22(29)30)13-26-21(28)19-12-34-20(27-19)10-25-23(31)33-11-18-16-8-4-2-6-14(16)15-7-3-5-9-17(15)18/h2-9,12,18,32H,10-11,13H2,1H3,(H,25,31)(H,26,28)(H,29,30). The van der Waals surface area contributed by atoms with E-state index in [1.165, 1.54) is 5.38 Å². The molecule has 1 heterocycles. The number of hydrogen-bond acceptors (Lipinski definition) is 7. The molecule has 4 rings (SSSR count). The number of hydrogen-bond donors (Lipinski definition) is 4. The van der Waals surface area contributed by atoms with Gasteiger partial charge in [0.15, 0.2) is 5.60 Å². The number of amides is 2. The summed E-state index contributed by atoms with van der Waals surface area (Å²) in [6, 6.07) is 16.1. The Labute approximate surface area is 199 Å². The van der Waals surface area contributed by atoms with Crippen LogP contribution in [0.25, 0.3) is 11.1 Å². The molecule has 34 heavy (non-hydrogen) atoms. The lowest BCUT2D eigenvalue weighted by molar-refractivity contribution is -0.155. The van der Waals surface area contributed by atoms with Gasteiger partial charge in [-0.15, -0.1) is 11.3 Å². The zero-order valence-corrected chi connectivity index (χ0v) is 19.1. The van der Waals surface area contributed by atoms with Gasteiger partial charge in [-0.1, -0.05) is 48.5 Å². The van der Waals surface area contributed by atoms with E-state index >= 15 is 0 Å². The highest BCUT2D eigenvalue weighted by Crippen LogP contribution is 2.44. The maximum absolute atomic E-state index is 12.3. The first-order valence-electron chi connectivity index (χ1n) is 10.5. The van der Waals surface area contributed by atoms with Crippen LogP contribution in [0, 0.1) is 0 Å². The normalized spacial score (nSPS) is 13.9. The van der Waals surface area contributed by atoms with Gasteiger partial charge in [-0.05, 0) is 29.2 Å². The van der Waals surface area contributed by atoms with Crippen LogP contribution in [0.4, 0.5) is 4.79 Å². The number of aliphatic hydroxyl groups is 1. The highest BCUT2D eigenvalue weighted by Gasteiger charge is 2.31. The molecule has 1 atom stereocenters. The molecule has 1 aromatic heterocycles. The molecule has 0 saturated heterocycles. The Morgan fingerprint density at radius 2 is 1.68 bits per heavy atom. The Balaban J connectivity index is 1.29. The summed E-state index contributed by atoms with van der Waals surface area (Å²) in [6.07, 6.45) is -0.597. The zero-order valence-electron chi connectivity index (χ0n) is 18.3. The molecule has 0 bridgehead atoms. The summed E-state index contributed by atoms with van der Waals surface area (Å²) in [4.78, 5) is 39.5. The van der Waals surface area contributed by atoms with Gasteiger partial charge < -0.3 is 25.6 Å². The van der Waals surface area contributed by atoms with Crippen LogP contribution in [0.15, 0.2) is 53.9 Å². The number of carboxylic acid groups (broad SMARTS) is 1. The first kappa shape index (κ1) is 23.4. The van der Waals surface area contributed by atoms with Gasteiger partial charge in [0.25, 0.3) is 5.91 Å². The maximum Gasteiger partial charge on any atom is 0.407 e. The van der Waals surface area contributed by atoms with E-state index < -0.39 is 30.1 Å². The second-order valence-corrected chi connectivity index (χ2v) is 9.01. The summed E-state index contributed by atoms with van der Waals surface area (Å²) >= 11 is 1.16. The lowest BCUT2D eigenvalue weighted by Crippen LogP contribution is -2.46. The number of carboxylic acids is 1. The van der Waals surface area contributed by atoms with Crippen LogP contribution in [0.5, 0.6) is 0 Å². The van der Waals surface area contributed by atoms with Crippen molar-refractivity contribution in [3.8, 4) is 11.1 Å². The van der Waals surface area contributed by atoms with Crippen molar-refractivity contribution in [2.24, 2.45) is 0 Å². The average molecular weight is 482 g/mol. The fourth-order valence-electron chi connectivity index (χ4n) is 3.71. The summed E-state index contributed by atoms with van der Waals surface area (Å²) in [5.41, 5.74) is 2.51. The van der Waals surface area contributed by atoms with Gasteiger partial charge in [-0.2, -0.15) is 0 Å². The van der Waals surface area contributed by atoms with Crippen LogP contribution < -0.4 is 10.6 Å². The van der Waals surface area contributed by atoms with Crippen LogP contribution in [-0.4, -0.2) is 51.9 Å². The van der Waals surface area contributed by atoms with Gasteiger partial charge in [0.2, 0.25) is 0 Å². The Bertz CT molecular complexity index is 1190. The molecule has 1 aliphatic rings. The largest absolute Gasteiger partial charge is 0.479 e. The zero-order chi connectivity index (χ0) is 24.3. The highest BCUT2D eigenvalue weighted by molar-refractivity contribution is 7.09. The number of aromatic nitrogens is 1. The Hall–Kier alpha value is -3.76. The molecule has 3 aromatic rings. The molecule has 0 radical (unpaired) electrons. The van der Waals surface area contributed by atoms with Crippen LogP contribution in [0.2, 0.25) is 0 Å². The third-order valence-electron chi connectivity index (χ3n) is 5.57. The van der Waals surface area contributed by atoms with Gasteiger partial charge in [-0.3, -0.25) is 4.79 Å². The van der Waals surface area contributed by atoms with E-state index in [1.54, 1.807) is 0 Å². The van der Waals surface area contributed by atoms with Crippen molar-refractivity contribution in [2.75, 3.05) is 13.2 Å². The Morgan fingerprint density at radius 1 is 1.06 bits per heavy atom. The number of carbonyl (C=O) groups is 3. The van der Waals surface area contributed by atoms with E-state index in [0.29, 0.717) is 5.01 Å². The van der Waals surface area contributed by atoms with Crippen LogP contribution in [-0.2, 0) is 16.1 Å². The molecule has 0 spiro atoms. The molecular formula is C24H23N3O6S. The molecule has 2 amide bonds. The molecule has 0 fully saturated rings. The van der Waals surface area contributed by atoms with Crippen molar-refractivity contribution >= 4 is 29.3 Å². The molecule has 1 unspecified atom stereocenters. The van der Waals surface area contributed by atoms with Gasteiger partial charge in [0.05, 0.1) is 13.1 Å². The van der Waals surface area contributed by atoms with Crippen molar-refractivity contribution in [3.05, 3.63) is 75.7 Å². The number of nitrogens with one attached hydrogen (secondary N) is 2. The molecule has 176 valence electrons. The van der Waals surface area contributed by atoms with Crippen LogP contribution >= 0.6 is 11.3 Å². The molecule has 9 nitrogen and oxygen atoms in total. The summed E-state index contributed by atoms with van der Waals surface area (Å²) in [5.74, 6) is -2.11. The highest BCUT2D eigenvalue weighted by atomic mass is 32.1. The number of nitrogens with zero attached hydrogens (tertiary/aromatic N) is 1. The molecular weight excluding hydrogens is 458 g/mol. The average Bonchev–Trinajstić information content (AvgIpc) is 3.43. The minimum atomic E-state index is -2.08. The first-order chi connectivity index (χ1) is 16.3. The van der Waals surface area contributed by atoms with Crippen molar-refractivity contribution in [3.63, 3.8) is 0 Å². The second kappa shape index (κ2) is 9.62. The molecule has 1 aliphatic carbocycles. The third-order valence-corrected chi connectivity index (χ3v) is 6.41. The SMILES string of the molecule is CC(O)(CNC(=O)c1csc(CNC(=O)OCC2c3ccccc3-c3ccccc32)n1)C(=O)O. The maximum atomic E-state index is 12.3. The topological polar surface area (TPSA) is 138 Å². The fraction of sp³-hybridized carbons (Fsp3) is 0.250. The van der Waals surface area contributed by atoms with E-state index in [-0.39, 0.29) is 24.8 Å². The molecule has 2 aromatic carbocycles. The molecule has 0 aliphatic heterocycles. The molecule has 4 N–H and O–H groups in total. The van der Waals surface area contributed by atoms with Gasteiger partial charge >= 0.3 is 12.1 Å². The van der Waals surface area contributed by atoms with Crippen molar-refractivity contribution in [1.82, 2.24) is 15.6 Å². The quantitative estimate of drug-likeness (QED) is 0.388. The Morgan fingerprint density at radius 3 is 2.29 bits per heavy atom. The molecule has 0 saturated carbocycles. The predicted octanol–water partition coefficient (Wildman–Crippen LogP) is 2.75. The number of rotatable bonds is 8. The summed E-state index contributed by atoms with van der Waals surface area (Å²) in [6.45, 7) is 0.878. The van der Waals surface area contributed by atoms with Crippen LogP contribution in [0.3, 0.4) is 0 Å². The monoisotopic (exact) mass is 481 g/mol. The second-order valence-electron chi connectivity index (χ2n) is 8.07. The summed E-state index contributed by atoms with van der Waals surface area (Å²) < 4.78 is 5.48. The fourth-order valence-corrected chi connectivity index (χ4v) is 4.43. The smallest absolute Gasteiger partial charge is 0.407 e. The van der Waals surface area contributed by atoms with Crippen molar-refractivity contribution in [2.45, 2.75) is 25.0 Å². The van der Waals surface area contributed by atoms with Gasteiger partial charge in [0, 0.05) is 11.3 Å². The minimum absolute atomic E-state index is 0.0451. The lowest BCUT2D eigenvalue weighted by atomic mass is 9.98. The number of ether oxygens (including phenoxy) is 1. The van der Waals surface area contributed by atoms with Crippen LogP contribution in [0.1, 0.15) is 39.5 Å². The number of carbonyl (C=O) groups excluding carboxylic acids is 2. The van der Waals surface area contributed by atoms with Crippen molar-refractivity contribution < 1.29 is 29.3 Å². The van der Waals surface area contributed by atoms with Crippen molar-refractivity contribution in [1.29, 1.82) is 0 Å².